The number of pyridine rings is 1. The number of nitrogens with zero attached hydrogens (tertiary/aromatic N) is 3. The van der Waals surface area contributed by atoms with Crippen molar-refractivity contribution in [3.63, 3.8) is 0 Å². The van der Waals surface area contributed by atoms with Crippen molar-refractivity contribution in [2.75, 3.05) is 18.4 Å². The molecule has 0 radical (unpaired) electrons. The van der Waals surface area contributed by atoms with Crippen molar-refractivity contribution < 1.29 is 4.79 Å². The summed E-state index contributed by atoms with van der Waals surface area (Å²) in [4.78, 5) is 24.1. The Labute approximate surface area is 170 Å². The molecule has 0 saturated heterocycles. The molecule has 6 nitrogen and oxygen atoms in total. The molecule has 0 aliphatic rings. The van der Waals surface area contributed by atoms with Gasteiger partial charge in [-0.05, 0) is 39.1 Å². The first-order valence-corrected chi connectivity index (χ1v) is 10.4. The average Bonchev–Trinajstić information content (AvgIpc) is 3.13. The van der Waals surface area contributed by atoms with Gasteiger partial charge in [0.1, 0.15) is 10.7 Å². The lowest BCUT2D eigenvalue weighted by Crippen LogP contribution is -2.42. The molecule has 3 rings (SSSR count). The fourth-order valence-electron chi connectivity index (χ4n) is 3.26. The first kappa shape index (κ1) is 20.2. The van der Waals surface area contributed by atoms with Gasteiger partial charge in [-0.25, -0.2) is 9.97 Å². The standard InChI is InChI=1S/C21H27N5OS/c1-14(2)26(15(3)4)12-11-23-20(27)18-13-24-21(28-18)25-19-17-8-6-5-7-16(17)9-10-22-19/h5-10,13-15H,11-12H2,1-4H3,(H,23,27)(H,22,24,25). The maximum Gasteiger partial charge on any atom is 0.263 e. The van der Waals surface area contributed by atoms with Gasteiger partial charge in [-0.3, -0.25) is 9.69 Å². The van der Waals surface area contributed by atoms with Crippen molar-refractivity contribution in [2.45, 2.75) is 39.8 Å². The van der Waals surface area contributed by atoms with Crippen LogP contribution in [0.2, 0.25) is 0 Å². The maximum atomic E-state index is 12.4. The van der Waals surface area contributed by atoms with Crippen LogP contribution in [0.15, 0.2) is 42.7 Å². The first-order valence-electron chi connectivity index (χ1n) is 9.56. The van der Waals surface area contributed by atoms with Crippen molar-refractivity contribution >= 4 is 39.0 Å². The summed E-state index contributed by atoms with van der Waals surface area (Å²) in [5.41, 5.74) is 0. The quantitative estimate of drug-likeness (QED) is 0.594. The minimum atomic E-state index is -0.0936. The molecular weight excluding hydrogens is 370 g/mol. The van der Waals surface area contributed by atoms with Gasteiger partial charge >= 0.3 is 0 Å². The molecule has 2 heterocycles. The van der Waals surface area contributed by atoms with E-state index in [-0.39, 0.29) is 5.91 Å². The summed E-state index contributed by atoms with van der Waals surface area (Å²) in [6, 6.07) is 10.9. The summed E-state index contributed by atoms with van der Waals surface area (Å²) in [6.07, 6.45) is 3.37. The van der Waals surface area contributed by atoms with Crippen LogP contribution in [0.3, 0.4) is 0 Å². The molecule has 7 heteroatoms. The Kier molecular flexibility index (Phi) is 6.59. The Balaban J connectivity index is 1.61. The number of nitrogens with one attached hydrogen (secondary N) is 2. The van der Waals surface area contributed by atoms with Gasteiger partial charge in [0.2, 0.25) is 0 Å². The second-order valence-electron chi connectivity index (χ2n) is 7.22. The van der Waals surface area contributed by atoms with Gasteiger partial charge < -0.3 is 10.6 Å². The molecular formula is C21H27N5OS. The lowest BCUT2D eigenvalue weighted by Gasteiger charge is -2.30. The molecule has 2 aromatic heterocycles. The second kappa shape index (κ2) is 9.12. The third kappa shape index (κ3) is 4.85. The van der Waals surface area contributed by atoms with Crippen molar-refractivity contribution in [2.24, 2.45) is 0 Å². The molecule has 0 bridgehead atoms. The number of hydrogen-bond donors (Lipinski definition) is 2. The summed E-state index contributed by atoms with van der Waals surface area (Å²) < 4.78 is 0. The fourth-order valence-corrected chi connectivity index (χ4v) is 3.99. The van der Waals surface area contributed by atoms with E-state index < -0.39 is 0 Å². The highest BCUT2D eigenvalue weighted by Crippen LogP contribution is 2.26. The van der Waals surface area contributed by atoms with Gasteiger partial charge in [0.05, 0.1) is 6.20 Å². The smallest absolute Gasteiger partial charge is 0.263 e. The summed E-state index contributed by atoms with van der Waals surface area (Å²) in [5.74, 6) is 0.646. The Morgan fingerprint density at radius 1 is 1.11 bits per heavy atom. The highest BCUT2D eigenvalue weighted by molar-refractivity contribution is 7.17. The van der Waals surface area contributed by atoms with Gasteiger partial charge in [-0.15, -0.1) is 0 Å². The zero-order chi connectivity index (χ0) is 20.1. The van der Waals surface area contributed by atoms with E-state index in [1.165, 1.54) is 11.3 Å². The Morgan fingerprint density at radius 3 is 2.61 bits per heavy atom. The number of thiazole rings is 1. The van der Waals surface area contributed by atoms with E-state index in [0.29, 0.717) is 28.6 Å². The summed E-state index contributed by atoms with van der Waals surface area (Å²) in [6.45, 7) is 10.1. The van der Waals surface area contributed by atoms with Gasteiger partial charge in [0.15, 0.2) is 5.13 Å². The molecule has 2 N–H and O–H groups in total. The normalized spacial score (nSPS) is 11.5. The first-order chi connectivity index (χ1) is 13.5. The Hall–Kier alpha value is -2.51. The van der Waals surface area contributed by atoms with Crippen molar-refractivity contribution in [3.8, 4) is 0 Å². The number of benzene rings is 1. The number of fused-ring (bicyclic) bond motifs is 1. The number of carbonyl (C=O) groups excluding carboxylic acids is 1. The largest absolute Gasteiger partial charge is 0.350 e. The third-order valence-electron chi connectivity index (χ3n) is 4.61. The zero-order valence-corrected chi connectivity index (χ0v) is 17.6. The van der Waals surface area contributed by atoms with Crippen LogP contribution in [0, 0.1) is 0 Å². The van der Waals surface area contributed by atoms with Gasteiger partial charge in [0.25, 0.3) is 5.91 Å². The van der Waals surface area contributed by atoms with Crippen LogP contribution in [-0.2, 0) is 0 Å². The number of rotatable bonds is 8. The second-order valence-corrected chi connectivity index (χ2v) is 8.25. The van der Waals surface area contributed by atoms with E-state index in [1.54, 1.807) is 12.4 Å². The van der Waals surface area contributed by atoms with E-state index >= 15 is 0 Å². The lowest BCUT2D eigenvalue weighted by molar-refractivity contribution is 0.0943. The lowest BCUT2D eigenvalue weighted by atomic mass is 10.2. The third-order valence-corrected chi connectivity index (χ3v) is 5.52. The highest BCUT2D eigenvalue weighted by Gasteiger charge is 2.15. The van der Waals surface area contributed by atoms with Gasteiger partial charge in [-0.2, -0.15) is 0 Å². The highest BCUT2D eigenvalue weighted by atomic mass is 32.1. The van der Waals surface area contributed by atoms with Crippen LogP contribution < -0.4 is 10.6 Å². The predicted molar refractivity (Wildman–Crippen MR) is 116 cm³/mol. The summed E-state index contributed by atoms with van der Waals surface area (Å²) >= 11 is 1.33. The van der Waals surface area contributed by atoms with Gasteiger partial charge in [-0.1, -0.05) is 35.6 Å². The number of aromatic nitrogens is 2. The van der Waals surface area contributed by atoms with E-state index in [1.807, 2.05) is 30.3 Å². The molecule has 0 aliphatic heterocycles. The molecule has 0 spiro atoms. The van der Waals surface area contributed by atoms with Crippen molar-refractivity contribution in [3.05, 3.63) is 47.6 Å². The summed E-state index contributed by atoms with van der Waals surface area (Å²) in [7, 11) is 0. The van der Waals surface area contributed by atoms with Crippen LogP contribution >= 0.6 is 11.3 Å². The minimum Gasteiger partial charge on any atom is -0.350 e. The maximum absolute atomic E-state index is 12.4. The molecule has 148 valence electrons. The monoisotopic (exact) mass is 397 g/mol. The number of amides is 1. The molecule has 0 saturated carbocycles. The molecule has 0 atom stereocenters. The van der Waals surface area contributed by atoms with Crippen LogP contribution in [-0.4, -0.2) is 45.9 Å². The topological polar surface area (TPSA) is 70.2 Å². The summed E-state index contributed by atoms with van der Waals surface area (Å²) in [5, 5.41) is 9.01. The molecule has 0 fully saturated rings. The van der Waals surface area contributed by atoms with E-state index in [9.17, 15) is 4.79 Å². The number of carbonyl (C=O) groups is 1. The van der Waals surface area contributed by atoms with E-state index in [2.05, 4.69) is 53.2 Å². The van der Waals surface area contributed by atoms with E-state index in [4.69, 9.17) is 0 Å². The zero-order valence-electron chi connectivity index (χ0n) is 16.8. The number of anilines is 2. The molecule has 1 aromatic carbocycles. The van der Waals surface area contributed by atoms with Crippen LogP contribution in [0.25, 0.3) is 10.8 Å². The molecule has 1 amide bonds. The molecule has 28 heavy (non-hydrogen) atoms. The van der Waals surface area contributed by atoms with Crippen LogP contribution in [0.5, 0.6) is 0 Å². The van der Waals surface area contributed by atoms with Crippen molar-refractivity contribution in [1.29, 1.82) is 0 Å². The fraction of sp³-hybridized carbons (Fsp3) is 0.381. The molecule has 3 aromatic rings. The molecule has 0 unspecified atom stereocenters. The SMILES string of the molecule is CC(C)N(CCNC(=O)c1cnc(Nc2nccc3ccccc23)s1)C(C)C. The molecule has 0 aliphatic carbocycles. The minimum absolute atomic E-state index is 0.0936. The van der Waals surface area contributed by atoms with Crippen LogP contribution in [0.1, 0.15) is 37.4 Å². The van der Waals surface area contributed by atoms with Gasteiger partial charge in [0, 0.05) is 36.8 Å². The van der Waals surface area contributed by atoms with Crippen molar-refractivity contribution in [1.82, 2.24) is 20.2 Å². The Bertz CT molecular complexity index is 924. The van der Waals surface area contributed by atoms with Crippen LogP contribution in [0.4, 0.5) is 10.9 Å². The van der Waals surface area contributed by atoms with E-state index in [0.717, 1.165) is 23.1 Å². The predicted octanol–water partition coefficient (Wildman–Crippen LogP) is 4.28. The number of hydrogen-bond acceptors (Lipinski definition) is 6. The average molecular weight is 398 g/mol. The Morgan fingerprint density at radius 2 is 1.86 bits per heavy atom.